The van der Waals surface area contributed by atoms with Crippen molar-refractivity contribution >= 4 is 11.7 Å². The first kappa shape index (κ1) is 11.8. The van der Waals surface area contributed by atoms with Gasteiger partial charge in [0.2, 0.25) is 0 Å². The summed E-state index contributed by atoms with van der Waals surface area (Å²) >= 11 is 0. The highest BCUT2D eigenvalue weighted by atomic mass is 16.7. The maximum absolute atomic E-state index is 11.5. The van der Waals surface area contributed by atoms with Crippen molar-refractivity contribution in [1.29, 1.82) is 0 Å². The summed E-state index contributed by atoms with van der Waals surface area (Å²) in [6.07, 6.45) is 3.74. The lowest BCUT2D eigenvalue weighted by molar-refractivity contribution is -0.149. The van der Waals surface area contributed by atoms with Crippen molar-refractivity contribution in [3.8, 4) is 0 Å². The topological polar surface area (TPSA) is 38.7 Å². The third-order valence-electron chi connectivity index (χ3n) is 3.03. The molecular formula is C14H17NO2. The van der Waals surface area contributed by atoms with Crippen molar-refractivity contribution in [3.05, 3.63) is 35.9 Å². The number of hydrogen-bond acceptors (Lipinski definition) is 3. The van der Waals surface area contributed by atoms with Crippen molar-refractivity contribution in [2.45, 2.75) is 32.6 Å². The van der Waals surface area contributed by atoms with E-state index < -0.39 is 0 Å². The Morgan fingerprint density at radius 3 is 2.82 bits per heavy atom. The standard InChI is InChI=1S/C14H17NO2/c1-2-3-7-12-10-13(15-17-14(12)16)11-8-5-4-6-9-11/h4-6,8-9,12H,2-3,7,10H2,1H3. The molecule has 0 fully saturated rings. The molecule has 0 saturated carbocycles. The second kappa shape index (κ2) is 5.62. The second-order valence-corrected chi connectivity index (χ2v) is 4.36. The van der Waals surface area contributed by atoms with Gasteiger partial charge in [0.15, 0.2) is 0 Å². The molecule has 0 spiro atoms. The molecule has 1 aromatic rings. The maximum Gasteiger partial charge on any atom is 0.338 e. The summed E-state index contributed by atoms with van der Waals surface area (Å²) in [7, 11) is 0. The van der Waals surface area contributed by atoms with Gasteiger partial charge in [-0.15, -0.1) is 0 Å². The second-order valence-electron chi connectivity index (χ2n) is 4.36. The van der Waals surface area contributed by atoms with E-state index in [9.17, 15) is 4.79 Å². The van der Waals surface area contributed by atoms with Gasteiger partial charge in [-0.1, -0.05) is 55.3 Å². The number of nitrogens with zero attached hydrogens (tertiary/aromatic N) is 1. The molecule has 0 aromatic heterocycles. The quantitative estimate of drug-likeness (QED) is 0.747. The minimum absolute atomic E-state index is 0.0253. The van der Waals surface area contributed by atoms with Gasteiger partial charge in [0.05, 0.1) is 11.6 Å². The van der Waals surface area contributed by atoms with Crippen LogP contribution in [-0.4, -0.2) is 11.7 Å². The van der Waals surface area contributed by atoms with Gasteiger partial charge in [-0.3, -0.25) is 0 Å². The van der Waals surface area contributed by atoms with E-state index in [1.807, 2.05) is 30.3 Å². The molecule has 1 atom stereocenters. The van der Waals surface area contributed by atoms with Crippen LogP contribution in [0.1, 0.15) is 38.2 Å². The van der Waals surface area contributed by atoms with E-state index in [1.54, 1.807) is 0 Å². The number of hydrogen-bond donors (Lipinski definition) is 0. The number of carbonyl (C=O) groups is 1. The van der Waals surface area contributed by atoms with Crippen LogP contribution in [0.15, 0.2) is 35.5 Å². The molecule has 2 rings (SSSR count). The highest BCUT2D eigenvalue weighted by Crippen LogP contribution is 2.22. The van der Waals surface area contributed by atoms with Crippen LogP contribution in [0.3, 0.4) is 0 Å². The molecule has 0 bridgehead atoms. The van der Waals surface area contributed by atoms with Gasteiger partial charge >= 0.3 is 5.97 Å². The molecule has 0 radical (unpaired) electrons. The molecule has 0 amide bonds. The van der Waals surface area contributed by atoms with E-state index in [2.05, 4.69) is 12.1 Å². The highest BCUT2D eigenvalue weighted by molar-refractivity contribution is 6.03. The predicted molar refractivity (Wildman–Crippen MR) is 66.7 cm³/mol. The number of unbranched alkanes of at least 4 members (excludes halogenated alkanes) is 1. The molecule has 3 heteroatoms. The molecule has 1 unspecified atom stereocenters. The van der Waals surface area contributed by atoms with Gasteiger partial charge < -0.3 is 4.84 Å². The fourth-order valence-corrected chi connectivity index (χ4v) is 2.00. The zero-order valence-corrected chi connectivity index (χ0v) is 10.1. The van der Waals surface area contributed by atoms with Crippen LogP contribution in [-0.2, 0) is 9.63 Å². The first-order valence-electron chi connectivity index (χ1n) is 6.14. The first-order valence-corrected chi connectivity index (χ1v) is 6.14. The van der Waals surface area contributed by atoms with E-state index in [-0.39, 0.29) is 11.9 Å². The summed E-state index contributed by atoms with van der Waals surface area (Å²) in [6, 6.07) is 9.89. The van der Waals surface area contributed by atoms with Crippen molar-refractivity contribution in [1.82, 2.24) is 0 Å². The lowest BCUT2D eigenvalue weighted by Crippen LogP contribution is -2.25. The van der Waals surface area contributed by atoms with Gasteiger partial charge in [-0.05, 0) is 12.0 Å². The van der Waals surface area contributed by atoms with Crippen molar-refractivity contribution in [2.24, 2.45) is 11.1 Å². The lowest BCUT2D eigenvalue weighted by atomic mass is 9.92. The lowest BCUT2D eigenvalue weighted by Gasteiger charge is -2.19. The number of carbonyl (C=O) groups excluding carboxylic acids is 1. The molecule has 0 saturated heterocycles. The van der Waals surface area contributed by atoms with Crippen molar-refractivity contribution in [3.63, 3.8) is 0 Å². The van der Waals surface area contributed by atoms with Gasteiger partial charge in [0.1, 0.15) is 0 Å². The molecule has 1 aliphatic heterocycles. The van der Waals surface area contributed by atoms with Crippen LogP contribution in [0.25, 0.3) is 0 Å². The number of rotatable bonds is 4. The Kier molecular flexibility index (Phi) is 3.91. The molecule has 1 aromatic carbocycles. The van der Waals surface area contributed by atoms with Crippen LogP contribution >= 0.6 is 0 Å². The summed E-state index contributed by atoms with van der Waals surface area (Å²) in [6.45, 7) is 2.13. The van der Waals surface area contributed by atoms with Gasteiger partial charge in [-0.2, -0.15) is 0 Å². The summed E-state index contributed by atoms with van der Waals surface area (Å²) in [5.74, 6) is -0.208. The fraction of sp³-hybridized carbons (Fsp3) is 0.429. The molecular weight excluding hydrogens is 214 g/mol. The average Bonchev–Trinajstić information content (AvgIpc) is 2.39. The van der Waals surface area contributed by atoms with Crippen LogP contribution in [0, 0.1) is 5.92 Å². The average molecular weight is 231 g/mol. The van der Waals surface area contributed by atoms with Crippen LogP contribution in [0.2, 0.25) is 0 Å². The molecule has 0 N–H and O–H groups in total. The SMILES string of the molecule is CCCCC1CC(c2ccccc2)=NOC1=O. The van der Waals surface area contributed by atoms with Gasteiger partial charge in [0, 0.05) is 6.42 Å². The van der Waals surface area contributed by atoms with Crippen molar-refractivity contribution in [2.75, 3.05) is 0 Å². The summed E-state index contributed by atoms with van der Waals surface area (Å²) in [4.78, 5) is 16.5. The van der Waals surface area contributed by atoms with E-state index in [4.69, 9.17) is 4.84 Å². The third-order valence-corrected chi connectivity index (χ3v) is 3.03. The van der Waals surface area contributed by atoms with Crippen LogP contribution in [0.5, 0.6) is 0 Å². The van der Waals surface area contributed by atoms with E-state index in [0.717, 1.165) is 30.5 Å². The van der Waals surface area contributed by atoms with E-state index in [1.165, 1.54) is 0 Å². The Bertz CT molecular complexity index is 411. The van der Waals surface area contributed by atoms with Gasteiger partial charge in [-0.25, -0.2) is 4.79 Å². The molecule has 1 heterocycles. The molecule has 0 aliphatic carbocycles. The Balaban J connectivity index is 2.08. The Hall–Kier alpha value is -1.64. The monoisotopic (exact) mass is 231 g/mol. The number of oxime groups is 1. The Labute approximate surface area is 101 Å². The van der Waals surface area contributed by atoms with Crippen molar-refractivity contribution < 1.29 is 9.63 Å². The minimum Gasteiger partial charge on any atom is -0.318 e. The summed E-state index contributed by atoms with van der Waals surface area (Å²) in [5, 5.41) is 3.91. The van der Waals surface area contributed by atoms with Crippen LogP contribution in [0.4, 0.5) is 0 Å². The summed E-state index contributed by atoms with van der Waals surface area (Å²) in [5.41, 5.74) is 1.92. The molecule has 90 valence electrons. The zero-order valence-electron chi connectivity index (χ0n) is 10.1. The minimum atomic E-state index is -0.182. The highest BCUT2D eigenvalue weighted by Gasteiger charge is 2.27. The summed E-state index contributed by atoms with van der Waals surface area (Å²) < 4.78 is 0. The third kappa shape index (κ3) is 2.93. The molecule has 1 aliphatic rings. The zero-order chi connectivity index (χ0) is 12.1. The van der Waals surface area contributed by atoms with E-state index >= 15 is 0 Å². The predicted octanol–water partition coefficient (Wildman–Crippen LogP) is 3.14. The molecule has 17 heavy (non-hydrogen) atoms. The van der Waals surface area contributed by atoms with E-state index in [0.29, 0.717) is 6.42 Å². The van der Waals surface area contributed by atoms with Gasteiger partial charge in [0.25, 0.3) is 0 Å². The maximum atomic E-state index is 11.5. The Morgan fingerprint density at radius 1 is 1.35 bits per heavy atom. The fourth-order valence-electron chi connectivity index (χ4n) is 2.00. The first-order chi connectivity index (χ1) is 8.31. The smallest absolute Gasteiger partial charge is 0.318 e. The number of benzene rings is 1. The normalized spacial score (nSPS) is 19.7. The largest absolute Gasteiger partial charge is 0.338 e. The Morgan fingerprint density at radius 2 is 2.12 bits per heavy atom. The molecule has 3 nitrogen and oxygen atoms in total. The van der Waals surface area contributed by atoms with Crippen LogP contribution < -0.4 is 0 Å².